The van der Waals surface area contributed by atoms with Crippen LogP contribution in [0.2, 0.25) is 0 Å². The van der Waals surface area contributed by atoms with Crippen molar-refractivity contribution in [1.29, 1.82) is 0 Å². The van der Waals surface area contributed by atoms with E-state index in [4.69, 9.17) is 21.7 Å². The first kappa shape index (κ1) is 14.5. The Morgan fingerprint density at radius 1 is 1.20 bits per heavy atom. The van der Waals surface area contributed by atoms with Crippen molar-refractivity contribution in [2.45, 2.75) is 19.8 Å². The maximum Gasteiger partial charge on any atom is 0.131 e. The third kappa shape index (κ3) is 2.99. The lowest BCUT2D eigenvalue weighted by Gasteiger charge is -2.13. The summed E-state index contributed by atoms with van der Waals surface area (Å²) in [4.78, 5) is 7.65. The first-order valence-electron chi connectivity index (χ1n) is 6.51. The number of ether oxygens (including phenoxy) is 2. The number of hydrogen-bond acceptors (Lipinski definition) is 4. The minimum atomic E-state index is 0.565. The molecule has 0 bridgehead atoms. The van der Waals surface area contributed by atoms with Gasteiger partial charge in [-0.3, -0.25) is 0 Å². The summed E-state index contributed by atoms with van der Waals surface area (Å²) in [5, 5.41) is 0. The molecule has 1 heterocycles. The third-order valence-corrected chi connectivity index (χ3v) is 3.19. The van der Waals surface area contributed by atoms with Crippen LogP contribution in [0.1, 0.15) is 19.2 Å². The molecule has 2 rings (SSSR count). The highest BCUT2D eigenvalue weighted by molar-refractivity contribution is 7.71. The van der Waals surface area contributed by atoms with Crippen molar-refractivity contribution in [3.05, 3.63) is 34.7 Å². The number of rotatable bonds is 5. The molecule has 0 fully saturated rings. The summed E-state index contributed by atoms with van der Waals surface area (Å²) in [7, 11) is 3.28. The maximum atomic E-state index is 5.43. The quantitative estimate of drug-likeness (QED) is 0.851. The monoisotopic (exact) mass is 290 g/mol. The zero-order chi connectivity index (χ0) is 14.5. The Morgan fingerprint density at radius 2 is 1.85 bits per heavy atom. The van der Waals surface area contributed by atoms with Crippen molar-refractivity contribution >= 4 is 12.2 Å². The maximum absolute atomic E-state index is 5.43. The summed E-state index contributed by atoms with van der Waals surface area (Å²) >= 11 is 5.25. The minimum Gasteiger partial charge on any atom is -0.496 e. The van der Waals surface area contributed by atoms with Gasteiger partial charge in [0.2, 0.25) is 0 Å². The number of aryl methyl sites for hydroxylation is 1. The number of aromatic nitrogens is 2. The lowest BCUT2D eigenvalue weighted by atomic mass is 10.1. The van der Waals surface area contributed by atoms with Gasteiger partial charge in [-0.25, -0.2) is 4.98 Å². The molecule has 5 heteroatoms. The Labute approximate surface area is 123 Å². The summed E-state index contributed by atoms with van der Waals surface area (Å²) < 4.78 is 11.4. The van der Waals surface area contributed by atoms with Gasteiger partial charge in [-0.05, 0) is 24.6 Å². The number of hydrogen-bond donors (Lipinski definition) is 1. The zero-order valence-corrected chi connectivity index (χ0v) is 12.7. The molecule has 0 aliphatic carbocycles. The van der Waals surface area contributed by atoms with Gasteiger partial charge >= 0.3 is 0 Å². The summed E-state index contributed by atoms with van der Waals surface area (Å²) in [6.45, 7) is 2.11. The molecule has 1 N–H and O–H groups in total. The van der Waals surface area contributed by atoms with E-state index in [1.165, 1.54) is 0 Å². The zero-order valence-electron chi connectivity index (χ0n) is 11.9. The van der Waals surface area contributed by atoms with Crippen molar-refractivity contribution in [2.24, 2.45) is 0 Å². The average molecular weight is 290 g/mol. The van der Waals surface area contributed by atoms with Gasteiger partial charge in [-0.1, -0.05) is 25.2 Å². The van der Waals surface area contributed by atoms with Crippen LogP contribution in [0.25, 0.3) is 11.3 Å². The van der Waals surface area contributed by atoms with Crippen LogP contribution in [-0.2, 0) is 6.42 Å². The molecule has 0 saturated carbocycles. The Bertz CT molecular complexity index is 630. The van der Waals surface area contributed by atoms with Crippen molar-refractivity contribution in [1.82, 2.24) is 9.97 Å². The second kappa shape index (κ2) is 6.52. The Hall–Kier alpha value is -1.88. The van der Waals surface area contributed by atoms with E-state index in [0.29, 0.717) is 4.64 Å². The molecule has 0 amide bonds. The summed E-state index contributed by atoms with van der Waals surface area (Å²) in [5.41, 5.74) is 1.73. The van der Waals surface area contributed by atoms with Crippen LogP contribution in [0, 0.1) is 4.64 Å². The van der Waals surface area contributed by atoms with Gasteiger partial charge in [-0.2, -0.15) is 0 Å². The Balaban J connectivity index is 2.64. The minimum absolute atomic E-state index is 0.565. The molecule has 20 heavy (non-hydrogen) atoms. The first-order chi connectivity index (χ1) is 9.69. The van der Waals surface area contributed by atoms with Crippen LogP contribution in [-0.4, -0.2) is 24.2 Å². The van der Waals surface area contributed by atoms with E-state index in [2.05, 4.69) is 16.9 Å². The molecule has 0 radical (unpaired) electrons. The lowest BCUT2D eigenvalue weighted by Crippen LogP contribution is -1.99. The Kier molecular flexibility index (Phi) is 4.74. The molecule has 0 aliphatic rings. The van der Waals surface area contributed by atoms with Gasteiger partial charge in [0.25, 0.3) is 0 Å². The van der Waals surface area contributed by atoms with Crippen LogP contribution in [0.15, 0.2) is 24.3 Å². The lowest BCUT2D eigenvalue weighted by molar-refractivity contribution is 0.397. The van der Waals surface area contributed by atoms with E-state index < -0.39 is 0 Å². The van der Waals surface area contributed by atoms with Gasteiger partial charge in [0.05, 0.1) is 25.5 Å². The number of methoxy groups -OCH3 is 2. The van der Waals surface area contributed by atoms with Crippen LogP contribution >= 0.6 is 12.2 Å². The summed E-state index contributed by atoms with van der Waals surface area (Å²) in [6.07, 6.45) is 1.86. The van der Waals surface area contributed by atoms with E-state index in [1.54, 1.807) is 14.2 Å². The highest BCUT2D eigenvalue weighted by atomic mass is 32.1. The van der Waals surface area contributed by atoms with Crippen molar-refractivity contribution in [3.63, 3.8) is 0 Å². The summed E-state index contributed by atoms with van der Waals surface area (Å²) in [5.74, 6) is 2.36. The number of nitrogens with one attached hydrogen (secondary N) is 1. The molecule has 1 aromatic heterocycles. The van der Waals surface area contributed by atoms with E-state index in [0.717, 1.165) is 41.4 Å². The molecule has 2 aromatic rings. The fourth-order valence-corrected chi connectivity index (χ4v) is 2.34. The normalized spacial score (nSPS) is 10.3. The molecule has 0 unspecified atom stereocenters. The van der Waals surface area contributed by atoms with Gasteiger partial charge in [0, 0.05) is 6.42 Å². The molecular weight excluding hydrogens is 272 g/mol. The fraction of sp³-hybridized carbons (Fsp3) is 0.333. The van der Waals surface area contributed by atoms with Crippen molar-refractivity contribution in [2.75, 3.05) is 14.2 Å². The molecule has 1 aromatic carbocycles. The fourth-order valence-electron chi connectivity index (χ4n) is 2.11. The predicted octanol–water partition coefficient (Wildman–Crippen LogP) is 3.78. The standard InChI is InChI=1S/C15H18N2O2S/c1-4-6-13-16-10(9-14(20)17-13)15-11(18-2)7-5-8-12(15)19-3/h5,7-9H,4,6H2,1-3H3,(H,16,17,20). The van der Waals surface area contributed by atoms with Crippen LogP contribution in [0.5, 0.6) is 11.5 Å². The predicted molar refractivity (Wildman–Crippen MR) is 82.0 cm³/mol. The first-order valence-corrected chi connectivity index (χ1v) is 6.92. The average Bonchev–Trinajstić information content (AvgIpc) is 2.46. The molecule has 0 aliphatic heterocycles. The molecular formula is C15H18N2O2S. The number of H-pyrrole nitrogens is 1. The SMILES string of the molecule is CCCc1nc(=S)cc(-c2c(OC)cccc2OC)[nH]1. The smallest absolute Gasteiger partial charge is 0.131 e. The van der Waals surface area contributed by atoms with Crippen molar-refractivity contribution < 1.29 is 9.47 Å². The molecule has 106 valence electrons. The van der Waals surface area contributed by atoms with E-state index in [1.807, 2.05) is 24.3 Å². The molecule has 4 nitrogen and oxygen atoms in total. The van der Waals surface area contributed by atoms with Crippen molar-refractivity contribution in [3.8, 4) is 22.8 Å². The number of aromatic amines is 1. The highest BCUT2D eigenvalue weighted by Gasteiger charge is 2.13. The van der Waals surface area contributed by atoms with Gasteiger partial charge < -0.3 is 14.5 Å². The van der Waals surface area contributed by atoms with Crippen LogP contribution in [0.3, 0.4) is 0 Å². The van der Waals surface area contributed by atoms with Gasteiger partial charge in [0.1, 0.15) is 22.0 Å². The summed E-state index contributed by atoms with van der Waals surface area (Å²) in [6, 6.07) is 7.52. The van der Waals surface area contributed by atoms with Gasteiger partial charge in [-0.15, -0.1) is 0 Å². The second-order valence-corrected chi connectivity index (χ2v) is 4.79. The topological polar surface area (TPSA) is 47.1 Å². The van der Waals surface area contributed by atoms with E-state index >= 15 is 0 Å². The Morgan fingerprint density at radius 3 is 2.40 bits per heavy atom. The third-order valence-electron chi connectivity index (χ3n) is 2.98. The highest BCUT2D eigenvalue weighted by Crippen LogP contribution is 2.37. The molecule has 0 spiro atoms. The van der Waals surface area contributed by atoms with Crippen LogP contribution in [0.4, 0.5) is 0 Å². The molecule has 0 saturated heterocycles. The van der Waals surface area contributed by atoms with Gasteiger partial charge in [0.15, 0.2) is 0 Å². The van der Waals surface area contributed by atoms with E-state index in [-0.39, 0.29) is 0 Å². The second-order valence-electron chi connectivity index (χ2n) is 4.37. The molecule has 0 atom stereocenters. The van der Waals surface area contributed by atoms with E-state index in [9.17, 15) is 0 Å². The largest absolute Gasteiger partial charge is 0.496 e. The number of benzene rings is 1. The van der Waals surface area contributed by atoms with Crippen LogP contribution < -0.4 is 9.47 Å². The number of nitrogens with zero attached hydrogens (tertiary/aromatic N) is 1.